The van der Waals surface area contributed by atoms with Crippen LogP contribution in [0.1, 0.15) is 27.9 Å². The second kappa shape index (κ2) is 7.00. The molecule has 0 saturated carbocycles. The van der Waals surface area contributed by atoms with Gasteiger partial charge in [-0.2, -0.15) is 0 Å². The second-order valence-electron chi connectivity index (χ2n) is 5.45. The van der Waals surface area contributed by atoms with Crippen LogP contribution < -0.4 is 10.1 Å². The predicted octanol–water partition coefficient (Wildman–Crippen LogP) is 2.35. The number of benzene rings is 2. The summed E-state index contributed by atoms with van der Waals surface area (Å²) in [5.74, 6) is -1.21. The molecule has 0 aliphatic carbocycles. The van der Waals surface area contributed by atoms with Crippen molar-refractivity contribution in [1.82, 2.24) is 5.32 Å². The first-order valence-electron chi connectivity index (χ1n) is 7.66. The van der Waals surface area contributed by atoms with E-state index in [0.717, 1.165) is 5.56 Å². The smallest absolute Gasteiger partial charge is 0.306 e. The number of carboxylic acids is 1. The normalized spacial score (nSPS) is 14.8. The number of imide groups is 1. The number of hydrogen-bond acceptors (Lipinski definition) is 4. The highest BCUT2D eigenvalue weighted by atomic mass is 16.5. The van der Waals surface area contributed by atoms with Crippen molar-refractivity contribution in [2.75, 3.05) is 6.61 Å². The Bertz CT molecular complexity index is 868. The van der Waals surface area contributed by atoms with Crippen molar-refractivity contribution >= 4 is 29.4 Å². The number of carboxylic acid groups (broad SMARTS) is 1. The summed E-state index contributed by atoms with van der Waals surface area (Å²) in [6.07, 6.45) is 1.62. The summed E-state index contributed by atoms with van der Waals surface area (Å²) < 4.78 is 5.33. The molecule has 126 valence electrons. The van der Waals surface area contributed by atoms with E-state index in [2.05, 4.69) is 5.32 Å². The average Bonchev–Trinajstić information content (AvgIpc) is 2.59. The standard InChI is InChI=1S/C19H15NO5/c21-17(22)9-10-25-13-7-5-12(6-8-13)11-16-14-3-1-2-4-15(14)18(23)20-19(16)24/h1-8,11H,9-10H2,(H,21,22)(H,20,23,24)/b16-11-. The van der Waals surface area contributed by atoms with E-state index in [-0.39, 0.29) is 13.0 Å². The summed E-state index contributed by atoms with van der Waals surface area (Å²) in [4.78, 5) is 34.5. The number of rotatable bonds is 5. The van der Waals surface area contributed by atoms with Crippen LogP contribution in [-0.2, 0) is 9.59 Å². The molecule has 2 N–H and O–H groups in total. The van der Waals surface area contributed by atoms with Crippen LogP contribution in [0, 0.1) is 0 Å². The molecule has 0 atom stereocenters. The van der Waals surface area contributed by atoms with Crippen LogP contribution >= 0.6 is 0 Å². The fraction of sp³-hybridized carbons (Fsp3) is 0.105. The fourth-order valence-corrected chi connectivity index (χ4v) is 2.50. The predicted molar refractivity (Wildman–Crippen MR) is 91.0 cm³/mol. The molecule has 2 aromatic carbocycles. The zero-order valence-electron chi connectivity index (χ0n) is 13.2. The van der Waals surface area contributed by atoms with E-state index >= 15 is 0 Å². The van der Waals surface area contributed by atoms with Gasteiger partial charge in [-0.05, 0) is 35.4 Å². The first kappa shape index (κ1) is 16.4. The first-order valence-corrected chi connectivity index (χ1v) is 7.66. The Morgan fingerprint density at radius 1 is 1.00 bits per heavy atom. The Kier molecular flexibility index (Phi) is 4.61. The largest absolute Gasteiger partial charge is 0.493 e. The number of nitrogens with one attached hydrogen (secondary N) is 1. The summed E-state index contributed by atoms with van der Waals surface area (Å²) in [5, 5.41) is 10.9. The molecular formula is C19H15NO5. The molecule has 2 aromatic rings. The minimum absolute atomic E-state index is 0.0726. The quantitative estimate of drug-likeness (QED) is 0.645. The third-order valence-corrected chi connectivity index (χ3v) is 3.71. The molecule has 0 radical (unpaired) electrons. The molecule has 6 nitrogen and oxygen atoms in total. The Morgan fingerprint density at radius 2 is 1.68 bits per heavy atom. The zero-order valence-corrected chi connectivity index (χ0v) is 13.2. The number of carbonyl (C=O) groups excluding carboxylic acids is 2. The molecule has 1 aliphatic rings. The monoisotopic (exact) mass is 337 g/mol. The summed E-state index contributed by atoms with van der Waals surface area (Å²) >= 11 is 0. The number of carbonyl (C=O) groups is 3. The summed E-state index contributed by atoms with van der Waals surface area (Å²) in [7, 11) is 0. The van der Waals surface area contributed by atoms with Crippen LogP contribution in [0.25, 0.3) is 11.6 Å². The maximum absolute atomic E-state index is 12.2. The molecule has 0 saturated heterocycles. The van der Waals surface area contributed by atoms with Gasteiger partial charge in [0, 0.05) is 11.1 Å². The van der Waals surface area contributed by atoms with Gasteiger partial charge in [-0.1, -0.05) is 30.3 Å². The van der Waals surface area contributed by atoms with Gasteiger partial charge in [0.1, 0.15) is 5.75 Å². The van der Waals surface area contributed by atoms with Crippen molar-refractivity contribution in [2.45, 2.75) is 6.42 Å². The molecule has 3 rings (SSSR count). The van der Waals surface area contributed by atoms with Gasteiger partial charge in [0.25, 0.3) is 11.8 Å². The van der Waals surface area contributed by atoms with Crippen LogP contribution in [0.4, 0.5) is 0 Å². The van der Waals surface area contributed by atoms with E-state index in [4.69, 9.17) is 9.84 Å². The van der Waals surface area contributed by atoms with E-state index in [1.165, 1.54) is 0 Å². The van der Waals surface area contributed by atoms with Gasteiger partial charge < -0.3 is 9.84 Å². The van der Waals surface area contributed by atoms with Crippen LogP contribution in [0.3, 0.4) is 0 Å². The van der Waals surface area contributed by atoms with Crippen molar-refractivity contribution in [3.63, 3.8) is 0 Å². The SMILES string of the molecule is O=C(O)CCOc1ccc(/C=C2\C(=O)NC(=O)c3ccccc32)cc1. The average molecular weight is 337 g/mol. The minimum Gasteiger partial charge on any atom is -0.493 e. The second-order valence-corrected chi connectivity index (χ2v) is 5.45. The van der Waals surface area contributed by atoms with Gasteiger partial charge in [0.2, 0.25) is 0 Å². The molecule has 25 heavy (non-hydrogen) atoms. The van der Waals surface area contributed by atoms with Crippen molar-refractivity contribution in [2.24, 2.45) is 0 Å². The Labute approximate surface area is 143 Å². The third-order valence-electron chi connectivity index (χ3n) is 3.71. The molecule has 0 spiro atoms. The van der Waals surface area contributed by atoms with E-state index in [1.807, 2.05) is 0 Å². The number of aliphatic carboxylic acids is 1. The lowest BCUT2D eigenvalue weighted by atomic mass is 9.93. The molecule has 6 heteroatoms. The van der Waals surface area contributed by atoms with Crippen molar-refractivity contribution in [3.05, 3.63) is 65.2 Å². The number of fused-ring (bicyclic) bond motifs is 1. The molecule has 1 heterocycles. The maximum atomic E-state index is 12.2. The van der Waals surface area contributed by atoms with Gasteiger partial charge in [0.05, 0.1) is 13.0 Å². The lowest BCUT2D eigenvalue weighted by molar-refractivity contribution is -0.137. The third kappa shape index (κ3) is 3.74. The van der Waals surface area contributed by atoms with Gasteiger partial charge >= 0.3 is 5.97 Å². The summed E-state index contributed by atoms with van der Waals surface area (Å²) in [6.45, 7) is 0.0909. The van der Waals surface area contributed by atoms with Gasteiger partial charge in [-0.15, -0.1) is 0 Å². The zero-order chi connectivity index (χ0) is 17.8. The summed E-state index contributed by atoms with van der Waals surface area (Å²) in [5.41, 5.74) is 2.23. The molecule has 0 fully saturated rings. The first-order chi connectivity index (χ1) is 12.0. The summed E-state index contributed by atoms with van der Waals surface area (Å²) in [6, 6.07) is 13.8. The lowest BCUT2D eigenvalue weighted by Gasteiger charge is -2.18. The Morgan fingerprint density at radius 3 is 2.36 bits per heavy atom. The number of ether oxygens (including phenoxy) is 1. The fourth-order valence-electron chi connectivity index (χ4n) is 2.50. The Balaban J connectivity index is 1.83. The topological polar surface area (TPSA) is 92.7 Å². The van der Waals surface area contributed by atoms with Crippen molar-refractivity contribution < 1.29 is 24.2 Å². The van der Waals surface area contributed by atoms with Gasteiger partial charge in [0.15, 0.2) is 0 Å². The lowest BCUT2D eigenvalue weighted by Crippen LogP contribution is -2.36. The van der Waals surface area contributed by atoms with Crippen molar-refractivity contribution in [1.29, 1.82) is 0 Å². The highest BCUT2D eigenvalue weighted by Gasteiger charge is 2.26. The molecule has 0 bridgehead atoms. The van der Waals surface area contributed by atoms with E-state index in [9.17, 15) is 14.4 Å². The van der Waals surface area contributed by atoms with E-state index < -0.39 is 17.8 Å². The highest BCUT2D eigenvalue weighted by Crippen LogP contribution is 2.26. The van der Waals surface area contributed by atoms with Crippen LogP contribution in [0.5, 0.6) is 5.75 Å². The highest BCUT2D eigenvalue weighted by molar-refractivity contribution is 6.33. The van der Waals surface area contributed by atoms with Crippen LogP contribution in [0.2, 0.25) is 0 Å². The minimum atomic E-state index is -0.919. The van der Waals surface area contributed by atoms with Gasteiger partial charge in [-0.3, -0.25) is 19.7 Å². The molecular weight excluding hydrogens is 322 g/mol. The number of amides is 2. The Hall–Kier alpha value is -3.41. The van der Waals surface area contributed by atoms with Crippen LogP contribution in [0.15, 0.2) is 48.5 Å². The van der Waals surface area contributed by atoms with Gasteiger partial charge in [-0.25, -0.2) is 0 Å². The molecule has 0 aromatic heterocycles. The van der Waals surface area contributed by atoms with Crippen molar-refractivity contribution in [3.8, 4) is 5.75 Å². The van der Waals surface area contributed by atoms with E-state index in [1.54, 1.807) is 54.6 Å². The maximum Gasteiger partial charge on any atom is 0.306 e. The molecule has 0 unspecified atom stereocenters. The molecule has 1 aliphatic heterocycles. The molecule has 2 amide bonds. The van der Waals surface area contributed by atoms with Crippen LogP contribution in [-0.4, -0.2) is 29.5 Å². The number of hydrogen-bond donors (Lipinski definition) is 2. The van der Waals surface area contributed by atoms with E-state index in [0.29, 0.717) is 22.4 Å².